The SMILES string of the molecule is CCNC(=O)[C@H]1O[C@@H](n2cnc3c(N)nc(C)nc32)[C@H](O)[C@@H]1O.CCNC(=O)[C@H]1O[C@@H](n2cnc3c(NCC)nc(C#N)nc32)[C@H](O)[C@@H]1O.CCNc1nc(C)nc2c1ncn2[C@@H]1O[C@H](C(=O)NC)[C@@H](O)[C@H]1O.CNC(=O)[C@H]1O[C@@H](n2cnc3c(NC)nc(C)nc32)[C@H](O)[C@@H]1O. The maximum Gasteiger partial charge on any atom is 0.252 e. The summed E-state index contributed by atoms with van der Waals surface area (Å²) in [7, 11) is 4.58. The number of rotatable bonds is 15. The number of hydrogen-bond acceptors (Lipinski definition) is 33. The summed E-state index contributed by atoms with van der Waals surface area (Å²) in [5, 5.41) is 110. The molecule has 4 aliphatic heterocycles. The van der Waals surface area contributed by atoms with E-state index in [9.17, 15) is 60.0 Å². The number of ether oxygens (including phenoxy) is 4. The predicted octanol–water partition coefficient (Wildman–Crippen LogP) is -5.17. The second kappa shape index (κ2) is 29.9. The first-order valence-corrected chi connectivity index (χ1v) is 30.1. The molecule has 4 amide bonds. The smallest absolute Gasteiger partial charge is 0.252 e. The van der Waals surface area contributed by atoms with E-state index in [2.05, 4.69) is 97.0 Å². The summed E-state index contributed by atoms with van der Waals surface area (Å²) < 4.78 is 28.0. The zero-order valence-electron chi connectivity index (χ0n) is 53.4. The van der Waals surface area contributed by atoms with Gasteiger partial charge in [0.15, 0.2) is 112 Å². The van der Waals surface area contributed by atoms with Crippen LogP contribution in [0.15, 0.2) is 25.3 Å². The topological polar surface area (TPSA) is 575 Å². The van der Waals surface area contributed by atoms with Crippen LogP contribution in [-0.2, 0) is 38.1 Å². The Balaban J connectivity index is 0.000000150. The highest BCUT2D eigenvalue weighted by atomic mass is 16.6. The summed E-state index contributed by atoms with van der Waals surface area (Å²) in [6.45, 7) is 14.4. The van der Waals surface area contributed by atoms with Gasteiger partial charge in [0.1, 0.15) is 77.9 Å². The molecule has 41 heteroatoms. The van der Waals surface area contributed by atoms with Gasteiger partial charge in [0.05, 0.1) is 25.3 Å². The van der Waals surface area contributed by atoms with E-state index in [0.717, 1.165) is 0 Å². The van der Waals surface area contributed by atoms with Gasteiger partial charge < -0.3 is 103 Å². The molecule has 41 nitrogen and oxygen atoms in total. The van der Waals surface area contributed by atoms with Gasteiger partial charge in [-0.05, 0) is 48.5 Å². The number of aromatic nitrogens is 16. The number of fused-ring (bicyclic) bond motifs is 4. The van der Waals surface area contributed by atoms with Gasteiger partial charge in [0, 0.05) is 47.3 Å². The highest BCUT2D eigenvalue weighted by molar-refractivity contribution is 5.87. The van der Waals surface area contributed by atoms with Crippen molar-refractivity contribution in [1.82, 2.24) is 99.3 Å². The highest BCUT2D eigenvalue weighted by Gasteiger charge is 2.51. The van der Waals surface area contributed by atoms with Crippen LogP contribution in [0.4, 0.5) is 23.3 Å². The molecule has 17 N–H and O–H groups in total. The third kappa shape index (κ3) is 13.7. The van der Waals surface area contributed by atoms with E-state index >= 15 is 0 Å². The Bertz CT molecular complexity index is 4160. The summed E-state index contributed by atoms with van der Waals surface area (Å²) in [6, 6.07) is 1.87. The zero-order valence-corrected chi connectivity index (χ0v) is 53.4. The molecule has 516 valence electrons. The van der Waals surface area contributed by atoms with E-state index in [1.807, 2.05) is 19.9 Å². The first kappa shape index (κ1) is 70.6. The molecule has 96 heavy (non-hydrogen) atoms. The maximum atomic E-state index is 12.0. The molecule has 0 spiro atoms. The van der Waals surface area contributed by atoms with Gasteiger partial charge in [-0.25, -0.2) is 49.8 Å². The van der Waals surface area contributed by atoms with Crippen molar-refractivity contribution in [2.75, 3.05) is 69.0 Å². The number of nitrogen functional groups attached to an aromatic ring is 1. The van der Waals surface area contributed by atoms with Crippen molar-refractivity contribution < 1.29 is 79.0 Å². The molecule has 12 heterocycles. The van der Waals surface area contributed by atoms with Crippen LogP contribution < -0.4 is 43.0 Å². The molecule has 4 saturated heterocycles. The van der Waals surface area contributed by atoms with Crippen LogP contribution in [0.25, 0.3) is 44.7 Å². The number of aliphatic hydroxyl groups excluding tert-OH is 8. The van der Waals surface area contributed by atoms with Crippen LogP contribution in [0, 0.1) is 32.1 Å². The summed E-state index contributed by atoms with van der Waals surface area (Å²) in [5.74, 6) is 1.07. The minimum atomic E-state index is -1.41. The number of likely N-dealkylation sites (N-methyl/N-ethyl adjacent to an activating group) is 4. The van der Waals surface area contributed by atoms with Crippen LogP contribution in [0.1, 0.15) is 75.9 Å². The monoisotopic (exact) mass is 1340 g/mol. The standard InChI is InChI=1S/C15H19N7O4.C14H20N6O4.2C13H18N6O4/c1-3-17-12-8-13(21-7(5-16)20-12)22(6-19-8)15-10(24)9(23)11(26-15)14(25)18-4-2;1-4-16-11-7-12(19-6(2)18-11)20(5-17-7)14-9(22)8(21)10(24-14)13(23)15-3;1-5-17-10(14-2)6-11(18-5)19(4-16-6)13-8(21)7(20)9(23-13)12(22)15-3;1-3-15-12(22)9-7(20)8(21)13(23-9)19-4-16-6-10(14)17-5(2)18-11(6)19/h6,9-11,15,23-24H,3-4H2,1-2H3,(H,18,25)(H,17,20,21);5,8-10,14,21-22H,4H2,1-3H3,(H,15,23)(H,16,18,19);4,7-9,13,20-21H,1-3H3,(H,15,22)(H,14,17,18);4,7-9,13,20-21H,3H2,1-2H3,(H,15,22)(H2,14,17,18)/t9-,10+,11-,15+;8-,9+,10-,14+;2*7-,8+,9-,13+/m0000/s1. The van der Waals surface area contributed by atoms with Crippen molar-refractivity contribution in [3.05, 3.63) is 48.6 Å². The Morgan fingerprint density at radius 2 is 0.760 bits per heavy atom. The van der Waals surface area contributed by atoms with Crippen molar-refractivity contribution in [3.8, 4) is 6.07 Å². The van der Waals surface area contributed by atoms with E-state index in [4.69, 9.17) is 29.9 Å². The molecule has 0 bridgehead atoms. The molecular formula is C55H75N25O16. The molecule has 0 aromatic carbocycles. The summed E-state index contributed by atoms with van der Waals surface area (Å²) >= 11 is 0. The van der Waals surface area contributed by atoms with Gasteiger partial charge in [-0.3, -0.25) is 37.4 Å². The number of imidazole rings is 4. The van der Waals surface area contributed by atoms with Crippen LogP contribution in [0.5, 0.6) is 0 Å². The number of nitrogens with one attached hydrogen (secondary N) is 7. The summed E-state index contributed by atoms with van der Waals surface area (Å²) in [4.78, 5) is 97.9. The fraction of sp³-hybridized carbons (Fsp3) is 0.545. The number of amides is 4. The summed E-state index contributed by atoms with van der Waals surface area (Å²) in [5.41, 5.74) is 9.09. The van der Waals surface area contributed by atoms with Gasteiger partial charge in [-0.1, -0.05) is 0 Å². The second-order valence-electron chi connectivity index (χ2n) is 21.7. The highest BCUT2D eigenvalue weighted by Crippen LogP contribution is 2.37. The number of aliphatic hydroxyl groups is 8. The number of aryl methyl sites for hydroxylation is 3. The first-order chi connectivity index (χ1) is 45.9. The Kier molecular flexibility index (Phi) is 22.0. The molecular weight excluding hydrogens is 1270 g/mol. The van der Waals surface area contributed by atoms with Gasteiger partial charge in [0.25, 0.3) is 23.6 Å². The normalized spacial score (nSPS) is 26.6. The minimum Gasteiger partial charge on any atom is -0.387 e. The number of carbonyl (C=O) groups is 4. The second-order valence-corrected chi connectivity index (χ2v) is 21.7. The number of anilines is 4. The van der Waals surface area contributed by atoms with Gasteiger partial charge in [-0.15, -0.1) is 0 Å². The quantitative estimate of drug-likeness (QED) is 0.0456. The van der Waals surface area contributed by atoms with Crippen LogP contribution in [0.2, 0.25) is 0 Å². The number of carbonyl (C=O) groups excluding carboxylic acids is 4. The lowest BCUT2D eigenvalue weighted by Gasteiger charge is -2.16. The van der Waals surface area contributed by atoms with E-state index in [1.165, 1.54) is 57.7 Å². The Hall–Kier alpha value is -9.71. The Morgan fingerprint density at radius 3 is 1.10 bits per heavy atom. The average molecular weight is 1340 g/mol. The number of nitrogens with zero attached hydrogens (tertiary/aromatic N) is 17. The van der Waals surface area contributed by atoms with Crippen molar-refractivity contribution in [2.24, 2.45) is 0 Å². The van der Waals surface area contributed by atoms with Crippen LogP contribution in [-0.4, -0.2) is 263 Å². The van der Waals surface area contributed by atoms with E-state index in [0.29, 0.717) is 100 Å². The number of nitriles is 1. The molecule has 4 aliphatic rings. The largest absolute Gasteiger partial charge is 0.387 e. The Labute approximate surface area is 543 Å². The number of hydrogen-bond donors (Lipinski definition) is 16. The van der Waals surface area contributed by atoms with Crippen molar-refractivity contribution in [3.63, 3.8) is 0 Å². The molecule has 0 radical (unpaired) electrons. The third-order valence-electron chi connectivity index (χ3n) is 15.4. The molecule has 8 aromatic rings. The maximum absolute atomic E-state index is 12.0. The molecule has 0 unspecified atom stereocenters. The lowest BCUT2D eigenvalue weighted by atomic mass is 10.1. The summed E-state index contributed by atoms with van der Waals surface area (Å²) in [6.07, 6.45) is -13.8. The molecule has 0 saturated carbocycles. The zero-order chi connectivity index (χ0) is 69.7. The van der Waals surface area contributed by atoms with Crippen LogP contribution in [0.3, 0.4) is 0 Å². The van der Waals surface area contributed by atoms with E-state index in [-0.39, 0.29) is 17.3 Å². The Morgan fingerprint density at radius 1 is 0.448 bits per heavy atom. The van der Waals surface area contributed by atoms with Gasteiger partial charge >= 0.3 is 0 Å². The van der Waals surface area contributed by atoms with Crippen molar-refractivity contribution in [2.45, 2.75) is 147 Å². The van der Waals surface area contributed by atoms with Crippen molar-refractivity contribution >= 4 is 91.6 Å². The molecule has 16 atom stereocenters. The predicted molar refractivity (Wildman–Crippen MR) is 332 cm³/mol. The molecule has 8 aromatic heterocycles. The minimum absolute atomic E-state index is 0.0801. The van der Waals surface area contributed by atoms with E-state index < -0.39 is 122 Å². The van der Waals surface area contributed by atoms with Crippen LogP contribution >= 0.6 is 0 Å². The first-order valence-electron chi connectivity index (χ1n) is 30.1. The molecule has 4 fully saturated rings. The van der Waals surface area contributed by atoms with Crippen molar-refractivity contribution in [1.29, 1.82) is 5.26 Å². The van der Waals surface area contributed by atoms with E-state index in [1.54, 1.807) is 41.7 Å². The fourth-order valence-corrected chi connectivity index (χ4v) is 10.8. The molecule has 12 rings (SSSR count). The number of nitrogens with two attached hydrogens (primary N) is 1. The van der Waals surface area contributed by atoms with Gasteiger partial charge in [-0.2, -0.15) is 15.2 Å². The molecule has 0 aliphatic carbocycles. The lowest BCUT2D eigenvalue weighted by molar-refractivity contribution is -0.138. The average Bonchev–Trinajstić information content (AvgIpc) is 1.63. The fourth-order valence-electron chi connectivity index (χ4n) is 10.8. The van der Waals surface area contributed by atoms with Gasteiger partial charge in [0.2, 0.25) is 5.82 Å². The third-order valence-corrected chi connectivity index (χ3v) is 15.4. The lowest BCUT2D eigenvalue weighted by Crippen LogP contribution is -2.42.